The maximum atomic E-state index is 11.0. The fourth-order valence-corrected chi connectivity index (χ4v) is 1.27. The van der Waals surface area contributed by atoms with Crippen molar-refractivity contribution in [3.63, 3.8) is 0 Å². The summed E-state index contributed by atoms with van der Waals surface area (Å²) in [6.45, 7) is 5.64. The lowest BCUT2D eigenvalue weighted by atomic mass is 10.1. The molecule has 0 saturated heterocycles. The van der Waals surface area contributed by atoms with Crippen molar-refractivity contribution in [2.24, 2.45) is 0 Å². The number of aromatic nitrogens is 1. The molecule has 2 rings (SSSR count). The minimum Gasteiger partial charge on any atom is -0.308 e. The van der Waals surface area contributed by atoms with Crippen molar-refractivity contribution in [2.75, 3.05) is 5.32 Å². The molecule has 2 heterocycles. The Morgan fingerprint density at radius 3 is 3.00 bits per heavy atom. The molecule has 2 N–H and O–H groups in total. The first-order valence-corrected chi connectivity index (χ1v) is 3.91. The van der Waals surface area contributed by atoms with Crippen LogP contribution in [0.25, 0.3) is 5.70 Å². The Labute approximate surface area is 75.7 Å². The lowest BCUT2D eigenvalue weighted by Gasteiger charge is -2.19. The Morgan fingerprint density at radius 1 is 1.46 bits per heavy atom. The third-order valence-electron chi connectivity index (χ3n) is 1.88. The van der Waals surface area contributed by atoms with Gasteiger partial charge in [0.15, 0.2) is 0 Å². The van der Waals surface area contributed by atoms with Crippen LogP contribution in [0.2, 0.25) is 0 Å². The number of carbonyl (C=O) groups is 1. The number of carbonyl (C=O) groups excluding carboxylic acids is 1. The Morgan fingerprint density at radius 2 is 2.23 bits per heavy atom. The van der Waals surface area contributed by atoms with E-state index in [0.717, 1.165) is 11.3 Å². The van der Waals surface area contributed by atoms with E-state index in [4.69, 9.17) is 0 Å². The third kappa shape index (κ3) is 1.26. The van der Waals surface area contributed by atoms with Crippen LogP contribution in [-0.4, -0.2) is 11.0 Å². The van der Waals surface area contributed by atoms with Crippen LogP contribution in [0.5, 0.6) is 0 Å². The summed E-state index contributed by atoms with van der Waals surface area (Å²) >= 11 is 0. The Hall–Kier alpha value is -1.84. The van der Waals surface area contributed by atoms with E-state index < -0.39 is 0 Å². The molecule has 1 aromatic rings. The van der Waals surface area contributed by atoms with Gasteiger partial charge in [0.2, 0.25) is 0 Å². The van der Waals surface area contributed by atoms with Crippen LogP contribution in [0, 0.1) is 6.92 Å². The summed E-state index contributed by atoms with van der Waals surface area (Å²) in [7, 11) is 0. The van der Waals surface area contributed by atoms with Crippen LogP contribution in [0.15, 0.2) is 18.8 Å². The van der Waals surface area contributed by atoms with Crippen LogP contribution < -0.4 is 10.6 Å². The minimum absolute atomic E-state index is 0.261. The van der Waals surface area contributed by atoms with Gasteiger partial charge in [-0.2, -0.15) is 0 Å². The quantitative estimate of drug-likeness (QED) is 0.627. The van der Waals surface area contributed by atoms with E-state index in [2.05, 4.69) is 22.2 Å². The largest absolute Gasteiger partial charge is 0.323 e. The van der Waals surface area contributed by atoms with Crippen LogP contribution in [0.3, 0.4) is 0 Å². The number of amides is 2. The van der Waals surface area contributed by atoms with Gasteiger partial charge in [-0.3, -0.25) is 4.98 Å². The predicted molar refractivity (Wildman–Crippen MR) is 50.2 cm³/mol. The summed E-state index contributed by atoms with van der Waals surface area (Å²) in [6.07, 6.45) is 1.63. The van der Waals surface area contributed by atoms with E-state index in [-0.39, 0.29) is 6.03 Å². The molecular formula is C9H9N3O. The normalized spacial score (nSPS) is 14.5. The van der Waals surface area contributed by atoms with E-state index >= 15 is 0 Å². The zero-order valence-electron chi connectivity index (χ0n) is 7.22. The summed E-state index contributed by atoms with van der Waals surface area (Å²) in [5.74, 6) is 0. The molecule has 0 atom stereocenters. The standard InChI is InChI=1S/C9H9N3O/c1-5-3-7-6(2)11-9(13)12-8(7)4-10-5/h3-4H,2H2,1H3,(H2,11,12,13). The number of pyridine rings is 1. The number of rotatable bonds is 0. The number of nitrogens with one attached hydrogen (secondary N) is 2. The van der Waals surface area contributed by atoms with Gasteiger partial charge in [0.05, 0.1) is 11.9 Å². The molecular weight excluding hydrogens is 166 g/mol. The zero-order valence-corrected chi connectivity index (χ0v) is 7.22. The molecule has 0 spiro atoms. The maximum Gasteiger partial charge on any atom is 0.323 e. The van der Waals surface area contributed by atoms with Gasteiger partial charge < -0.3 is 10.6 Å². The van der Waals surface area contributed by atoms with Gasteiger partial charge in [-0.1, -0.05) is 6.58 Å². The first-order valence-electron chi connectivity index (χ1n) is 3.91. The minimum atomic E-state index is -0.261. The van der Waals surface area contributed by atoms with Gasteiger partial charge in [0.25, 0.3) is 0 Å². The molecule has 13 heavy (non-hydrogen) atoms. The van der Waals surface area contributed by atoms with Crippen molar-refractivity contribution in [3.05, 3.63) is 30.1 Å². The molecule has 0 radical (unpaired) electrons. The highest BCUT2D eigenvalue weighted by molar-refractivity contribution is 6.02. The second kappa shape index (κ2) is 2.58. The molecule has 66 valence electrons. The van der Waals surface area contributed by atoms with Crippen LogP contribution in [-0.2, 0) is 0 Å². The summed E-state index contributed by atoms with van der Waals surface area (Å²) in [4.78, 5) is 15.1. The average molecular weight is 175 g/mol. The number of anilines is 1. The predicted octanol–water partition coefficient (Wildman–Crippen LogP) is 1.50. The van der Waals surface area contributed by atoms with Crippen molar-refractivity contribution in [1.82, 2.24) is 10.3 Å². The van der Waals surface area contributed by atoms with Crippen molar-refractivity contribution in [3.8, 4) is 0 Å². The van der Waals surface area contributed by atoms with Gasteiger partial charge in [0.1, 0.15) is 0 Å². The van der Waals surface area contributed by atoms with Crippen molar-refractivity contribution in [2.45, 2.75) is 6.92 Å². The van der Waals surface area contributed by atoms with Crippen molar-refractivity contribution >= 4 is 17.4 Å². The molecule has 4 nitrogen and oxygen atoms in total. The van der Waals surface area contributed by atoms with E-state index in [0.29, 0.717) is 11.4 Å². The molecule has 0 aliphatic carbocycles. The van der Waals surface area contributed by atoms with E-state index in [1.807, 2.05) is 13.0 Å². The number of fused-ring (bicyclic) bond motifs is 1. The first kappa shape index (κ1) is 7.79. The highest BCUT2D eigenvalue weighted by atomic mass is 16.2. The van der Waals surface area contributed by atoms with E-state index in [1.165, 1.54) is 0 Å². The van der Waals surface area contributed by atoms with Gasteiger partial charge in [-0.05, 0) is 13.0 Å². The van der Waals surface area contributed by atoms with Crippen molar-refractivity contribution < 1.29 is 4.79 Å². The summed E-state index contributed by atoms with van der Waals surface area (Å²) in [5, 5.41) is 5.23. The molecule has 1 aliphatic rings. The zero-order chi connectivity index (χ0) is 9.42. The molecule has 0 saturated carbocycles. The van der Waals surface area contributed by atoms with Gasteiger partial charge in [0, 0.05) is 17.0 Å². The molecule has 0 aromatic carbocycles. The number of hydrogen-bond donors (Lipinski definition) is 2. The fraction of sp³-hybridized carbons (Fsp3) is 0.111. The highest BCUT2D eigenvalue weighted by Gasteiger charge is 2.16. The lowest BCUT2D eigenvalue weighted by molar-refractivity contribution is 0.255. The summed E-state index contributed by atoms with van der Waals surface area (Å²) in [6, 6.07) is 1.62. The maximum absolute atomic E-state index is 11.0. The van der Waals surface area contributed by atoms with E-state index in [1.54, 1.807) is 6.20 Å². The fourth-order valence-electron chi connectivity index (χ4n) is 1.27. The number of aryl methyl sites for hydroxylation is 1. The smallest absolute Gasteiger partial charge is 0.308 e. The second-order valence-electron chi connectivity index (χ2n) is 2.93. The summed E-state index contributed by atoms with van der Waals surface area (Å²) in [5.41, 5.74) is 3.12. The Kier molecular flexibility index (Phi) is 1.55. The molecule has 0 fully saturated rings. The Balaban J connectivity index is 2.55. The number of hydrogen-bond acceptors (Lipinski definition) is 2. The van der Waals surface area contributed by atoms with Gasteiger partial charge in [-0.25, -0.2) is 4.79 Å². The third-order valence-corrected chi connectivity index (χ3v) is 1.88. The molecule has 0 unspecified atom stereocenters. The lowest BCUT2D eigenvalue weighted by Crippen LogP contribution is -2.32. The SMILES string of the molecule is C=C1NC(=O)Nc2cnc(C)cc21. The molecule has 2 amide bonds. The average Bonchev–Trinajstić information content (AvgIpc) is 2.06. The summed E-state index contributed by atoms with van der Waals surface area (Å²) < 4.78 is 0. The van der Waals surface area contributed by atoms with Gasteiger partial charge in [-0.15, -0.1) is 0 Å². The number of urea groups is 1. The van der Waals surface area contributed by atoms with Crippen LogP contribution >= 0.6 is 0 Å². The number of nitrogens with zero attached hydrogens (tertiary/aromatic N) is 1. The molecule has 1 aromatic heterocycles. The first-order chi connectivity index (χ1) is 6.16. The van der Waals surface area contributed by atoms with Crippen molar-refractivity contribution in [1.29, 1.82) is 0 Å². The highest BCUT2D eigenvalue weighted by Crippen LogP contribution is 2.24. The monoisotopic (exact) mass is 175 g/mol. The molecule has 0 bridgehead atoms. The molecule has 1 aliphatic heterocycles. The van der Waals surface area contributed by atoms with E-state index in [9.17, 15) is 4.79 Å². The Bertz CT molecular complexity index is 398. The topological polar surface area (TPSA) is 54.0 Å². The molecule has 4 heteroatoms. The van der Waals surface area contributed by atoms with Crippen LogP contribution in [0.4, 0.5) is 10.5 Å². The van der Waals surface area contributed by atoms with Crippen LogP contribution in [0.1, 0.15) is 11.3 Å². The second-order valence-corrected chi connectivity index (χ2v) is 2.93. The van der Waals surface area contributed by atoms with Gasteiger partial charge >= 0.3 is 6.03 Å².